The van der Waals surface area contributed by atoms with Gasteiger partial charge in [0.2, 0.25) is 15.9 Å². The molecule has 118 valence electrons. The van der Waals surface area contributed by atoms with E-state index in [1.54, 1.807) is 6.20 Å². The molecule has 3 heterocycles. The average molecular weight is 323 g/mol. The number of hydrogen-bond acceptors (Lipinski definition) is 7. The molecule has 0 unspecified atom stereocenters. The fourth-order valence-corrected chi connectivity index (χ4v) is 3.47. The average Bonchev–Trinajstić information content (AvgIpc) is 2.97. The van der Waals surface area contributed by atoms with Crippen molar-refractivity contribution < 1.29 is 12.8 Å². The van der Waals surface area contributed by atoms with E-state index >= 15 is 0 Å². The Morgan fingerprint density at radius 2 is 2.18 bits per heavy atom. The molecule has 3 rings (SSSR count). The Hall–Kier alpha value is -1.87. The van der Waals surface area contributed by atoms with Gasteiger partial charge in [0.1, 0.15) is 6.33 Å². The molecule has 8 nitrogen and oxygen atoms in total. The van der Waals surface area contributed by atoms with Crippen LogP contribution in [-0.4, -0.2) is 52.2 Å². The Bertz CT molecular complexity index is 773. The predicted molar refractivity (Wildman–Crippen MR) is 78.5 cm³/mol. The molecular formula is C13H17N5O3S. The topological polar surface area (TPSA) is 102 Å². The number of rotatable bonds is 3. The summed E-state index contributed by atoms with van der Waals surface area (Å²) in [6, 6.07) is 0. The van der Waals surface area contributed by atoms with E-state index in [1.165, 1.54) is 16.9 Å². The van der Waals surface area contributed by atoms with Crippen LogP contribution in [0, 0.1) is 6.92 Å². The number of sulfonamides is 1. The van der Waals surface area contributed by atoms with Crippen LogP contribution in [0.4, 0.5) is 0 Å². The minimum atomic E-state index is -3.20. The van der Waals surface area contributed by atoms with Crippen LogP contribution >= 0.6 is 0 Å². The molecule has 1 atom stereocenters. The lowest BCUT2D eigenvalue weighted by atomic mass is 10.00. The van der Waals surface area contributed by atoms with Crippen molar-refractivity contribution in [2.75, 3.05) is 19.3 Å². The number of hydrogen-bond donors (Lipinski definition) is 0. The first-order chi connectivity index (χ1) is 10.4. The molecule has 0 radical (unpaired) electrons. The maximum atomic E-state index is 11.7. The van der Waals surface area contributed by atoms with Crippen molar-refractivity contribution in [1.82, 2.24) is 24.5 Å². The Kier molecular flexibility index (Phi) is 3.92. The van der Waals surface area contributed by atoms with E-state index in [4.69, 9.17) is 4.42 Å². The largest absolute Gasteiger partial charge is 0.420 e. The van der Waals surface area contributed by atoms with Crippen molar-refractivity contribution in [3.8, 4) is 11.5 Å². The molecule has 1 aliphatic heterocycles. The Morgan fingerprint density at radius 1 is 1.36 bits per heavy atom. The molecule has 2 aromatic heterocycles. The molecule has 2 aromatic rings. The molecule has 0 bridgehead atoms. The Morgan fingerprint density at radius 3 is 2.91 bits per heavy atom. The smallest absolute Gasteiger partial charge is 0.251 e. The van der Waals surface area contributed by atoms with Gasteiger partial charge in [-0.25, -0.2) is 22.7 Å². The minimum absolute atomic E-state index is 0.0744. The van der Waals surface area contributed by atoms with Crippen LogP contribution in [0.1, 0.15) is 30.3 Å². The molecule has 22 heavy (non-hydrogen) atoms. The lowest BCUT2D eigenvalue weighted by Crippen LogP contribution is -2.38. The summed E-state index contributed by atoms with van der Waals surface area (Å²) in [6.07, 6.45) is 5.92. The first-order valence-electron chi connectivity index (χ1n) is 7.00. The van der Waals surface area contributed by atoms with Crippen LogP contribution < -0.4 is 0 Å². The molecule has 0 amide bonds. The number of piperidine rings is 1. The van der Waals surface area contributed by atoms with E-state index in [-0.39, 0.29) is 5.92 Å². The van der Waals surface area contributed by atoms with Gasteiger partial charge >= 0.3 is 0 Å². The molecule has 0 aliphatic carbocycles. The van der Waals surface area contributed by atoms with E-state index in [1.807, 2.05) is 6.92 Å². The second-order valence-corrected chi connectivity index (χ2v) is 7.41. The molecule has 1 aliphatic rings. The highest BCUT2D eigenvalue weighted by Gasteiger charge is 2.30. The molecule has 1 fully saturated rings. The third kappa shape index (κ3) is 3.00. The van der Waals surface area contributed by atoms with E-state index < -0.39 is 10.0 Å². The first-order valence-corrected chi connectivity index (χ1v) is 8.85. The van der Waals surface area contributed by atoms with Gasteiger partial charge in [-0.1, -0.05) is 0 Å². The number of aryl methyl sites for hydroxylation is 1. The maximum absolute atomic E-state index is 11.7. The minimum Gasteiger partial charge on any atom is -0.420 e. The second kappa shape index (κ2) is 5.73. The number of nitrogens with zero attached hydrogens (tertiary/aromatic N) is 5. The molecule has 0 N–H and O–H groups in total. The van der Waals surface area contributed by atoms with Crippen LogP contribution in [-0.2, 0) is 10.0 Å². The van der Waals surface area contributed by atoms with Crippen LogP contribution in [0.3, 0.4) is 0 Å². The Balaban J connectivity index is 1.84. The molecule has 1 saturated heterocycles. The van der Waals surface area contributed by atoms with Gasteiger partial charge < -0.3 is 4.42 Å². The van der Waals surface area contributed by atoms with E-state index in [0.29, 0.717) is 30.4 Å². The monoisotopic (exact) mass is 323 g/mol. The summed E-state index contributed by atoms with van der Waals surface area (Å²) in [5.41, 5.74) is 1.45. The van der Waals surface area contributed by atoms with Gasteiger partial charge in [-0.2, -0.15) is 0 Å². The van der Waals surface area contributed by atoms with E-state index in [2.05, 4.69) is 20.2 Å². The highest BCUT2D eigenvalue weighted by molar-refractivity contribution is 7.88. The Labute approximate surface area is 128 Å². The van der Waals surface area contributed by atoms with Gasteiger partial charge in [0, 0.05) is 19.3 Å². The van der Waals surface area contributed by atoms with Crippen molar-refractivity contribution in [2.45, 2.75) is 25.7 Å². The van der Waals surface area contributed by atoms with E-state index in [0.717, 1.165) is 18.5 Å². The molecule has 0 spiro atoms. The summed E-state index contributed by atoms with van der Waals surface area (Å²) >= 11 is 0. The summed E-state index contributed by atoms with van der Waals surface area (Å²) in [6.45, 7) is 2.76. The van der Waals surface area contributed by atoms with Crippen molar-refractivity contribution in [3.63, 3.8) is 0 Å². The summed E-state index contributed by atoms with van der Waals surface area (Å²) < 4.78 is 30.5. The fourth-order valence-electron chi connectivity index (χ4n) is 2.55. The quantitative estimate of drug-likeness (QED) is 0.829. The van der Waals surface area contributed by atoms with Crippen LogP contribution in [0.15, 0.2) is 16.9 Å². The zero-order valence-electron chi connectivity index (χ0n) is 12.4. The van der Waals surface area contributed by atoms with Gasteiger partial charge in [-0.15, -0.1) is 10.2 Å². The van der Waals surface area contributed by atoms with Gasteiger partial charge in [0.25, 0.3) is 5.89 Å². The summed E-state index contributed by atoms with van der Waals surface area (Å²) in [7, 11) is -3.20. The maximum Gasteiger partial charge on any atom is 0.251 e. The predicted octanol–water partition coefficient (Wildman–Crippen LogP) is 0.974. The van der Waals surface area contributed by atoms with Gasteiger partial charge in [0.05, 0.1) is 23.4 Å². The third-order valence-electron chi connectivity index (χ3n) is 3.78. The van der Waals surface area contributed by atoms with Crippen molar-refractivity contribution >= 4 is 10.0 Å². The fraction of sp³-hybridized carbons (Fsp3) is 0.538. The SMILES string of the molecule is Cc1ncncc1-c1nnc([C@@H]2CCCN(S(C)(=O)=O)C2)o1. The molecule has 0 saturated carbocycles. The van der Waals surface area contributed by atoms with E-state index in [9.17, 15) is 8.42 Å². The first kappa shape index (κ1) is 15.0. The summed E-state index contributed by atoms with van der Waals surface area (Å²) in [5, 5.41) is 8.13. The van der Waals surface area contributed by atoms with Crippen molar-refractivity contribution in [3.05, 3.63) is 24.1 Å². The highest BCUT2D eigenvalue weighted by atomic mass is 32.2. The highest BCUT2D eigenvalue weighted by Crippen LogP contribution is 2.29. The zero-order valence-corrected chi connectivity index (χ0v) is 13.2. The second-order valence-electron chi connectivity index (χ2n) is 5.43. The number of aromatic nitrogens is 4. The summed E-state index contributed by atoms with van der Waals surface area (Å²) in [4.78, 5) is 8.06. The van der Waals surface area contributed by atoms with Crippen LogP contribution in [0.5, 0.6) is 0 Å². The summed E-state index contributed by atoms with van der Waals surface area (Å²) in [5.74, 6) is 0.755. The third-order valence-corrected chi connectivity index (χ3v) is 5.05. The molecular weight excluding hydrogens is 306 g/mol. The standard InChI is InChI=1S/C13H17N5O3S/c1-9-11(6-14-8-15-9)13-17-16-12(21-13)10-4-3-5-18(7-10)22(2,19)20/h6,8,10H,3-5,7H2,1-2H3/t10-/m1/s1. The lowest BCUT2D eigenvalue weighted by Gasteiger charge is -2.28. The lowest BCUT2D eigenvalue weighted by molar-refractivity contribution is 0.287. The molecule has 9 heteroatoms. The van der Waals surface area contributed by atoms with Crippen LogP contribution in [0.25, 0.3) is 11.5 Å². The van der Waals surface area contributed by atoms with Gasteiger partial charge in [0.15, 0.2) is 0 Å². The van der Waals surface area contributed by atoms with Crippen molar-refractivity contribution in [2.24, 2.45) is 0 Å². The van der Waals surface area contributed by atoms with Gasteiger partial charge in [-0.05, 0) is 19.8 Å². The van der Waals surface area contributed by atoms with Crippen LogP contribution in [0.2, 0.25) is 0 Å². The normalized spacial score (nSPS) is 20.2. The molecule has 0 aromatic carbocycles. The van der Waals surface area contributed by atoms with Gasteiger partial charge in [-0.3, -0.25) is 0 Å². The zero-order chi connectivity index (χ0) is 15.7. The van der Waals surface area contributed by atoms with Crippen molar-refractivity contribution in [1.29, 1.82) is 0 Å².